The number of fused-ring (bicyclic) bond motifs is 1. The minimum absolute atomic E-state index is 0.0966. The van der Waals surface area contributed by atoms with E-state index >= 15 is 0 Å². The quantitative estimate of drug-likeness (QED) is 0.749. The minimum Gasteiger partial charge on any atom is -0.324 e. The van der Waals surface area contributed by atoms with Crippen LogP contribution in [0, 0.1) is 5.92 Å². The number of para-hydroxylation sites is 2. The monoisotopic (exact) mass is 232 g/mol. The van der Waals surface area contributed by atoms with Crippen LogP contribution in [0.25, 0.3) is 11.0 Å². The Morgan fingerprint density at radius 3 is 2.76 bits per heavy atom. The summed E-state index contributed by atoms with van der Waals surface area (Å²) < 4.78 is 0. The van der Waals surface area contributed by atoms with Gasteiger partial charge in [0.1, 0.15) is 0 Å². The number of amides is 1. The minimum atomic E-state index is -0.525. The number of carbonyl (C=O) groups is 1. The Hall–Kier alpha value is -1.88. The first-order chi connectivity index (χ1) is 8.08. The summed E-state index contributed by atoms with van der Waals surface area (Å²) in [7, 11) is 0. The van der Waals surface area contributed by atoms with Gasteiger partial charge in [0.25, 0.3) is 0 Å². The molecule has 0 saturated heterocycles. The highest BCUT2D eigenvalue weighted by atomic mass is 16.2. The van der Waals surface area contributed by atoms with Crippen LogP contribution in [0.1, 0.15) is 13.8 Å². The number of nitrogens with zero attached hydrogens (tertiary/aromatic N) is 1. The van der Waals surface area contributed by atoms with Gasteiger partial charge in [-0.25, -0.2) is 4.98 Å². The summed E-state index contributed by atoms with van der Waals surface area (Å²) in [5, 5.41) is 2.68. The molecule has 1 aromatic heterocycles. The average molecular weight is 232 g/mol. The van der Waals surface area contributed by atoms with E-state index in [-0.39, 0.29) is 11.8 Å². The highest BCUT2D eigenvalue weighted by Gasteiger charge is 2.18. The summed E-state index contributed by atoms with van der Waals surface area (Å²) in [5.41, 5.74) is 7.46. The molecule has 2 aromatic rings. The summed E-state index contributed by atoms with van der Waals surface area (Å²) in [4.78, 5) is 19.0. The second-order valence-electron chi connectivity index (χ2n) is 4.36. The molecule has 2 rings (SSSR count). The Morgan fingerprint density at radius 2 is 2.12 bits per heavy atom. The van der Waals surface area contributed by atoms with Crippen LogP contribution in [0.4, 0.5) is 5.95 Å². The molecule has 0 aliphatic heterocycles. The number of nitrogens with two attached hydrogens (primary N) is 1. The number of anilines is 1. The number of imidazole rings is 1. The molecule has 90 valence electrons. The van der Waals surface area contributed by atoms with Gasteiger partial charge in [0.05, 0.1) is 17.1 Å². The number of hydrogen-bond acceptors (Lipinski definition) is 3. The van der Waals surface area contributed by atoms with Gasteiger partial charge in [-0.05, 0) is 18.1 Å². The van der Waals surface area contributed by atoms with Crippen molar-refractivity contribution >= 4 is 22.9 Å². The van der Waals surface area contributed by atoms with Crippen LogP contribution >= 0.6 is 0 Å². The van der Waals surface area contributed by atoms with E-state index in [1.165, 1.54) is 0 Å². The maximum Gasteiger partial charge on any atom is 0.243 e. The number of aromatic nitrogens is 2. The van der Waals surface area contributed by atoms with Crippen LogP contribution in [-0.4, -0.2) is 21.9 Å². The van der Waals surface area contributed by atoms with Crippen LogP contribution in [0.3, 0.4) is 0 Å². The van der Waals surface area contributed by atoms with Gasteiger partial charge < -0.3 is 10.7 Å². The molecule has 5 nitrogen and oxygen atoms in total. The van der Waals surface area contributed by atoms with Crippen molar-refractivity contribution in [3.8, 4) is 0 Å². The van der Waals surface area contributed by atoms with Gasteiger partial charge in [-0.1, -0.05) is 26.0 Å². The summed E-state index contributed by atoms with van der Waals surface area (Å²) in [6.45, 7) is 3.81. The largest absolute Gasteiger partial charge is 0.324 e. The summed E-state index contributed by atoms with van der Waals surface area (Å²) >= 11 is 0. The molecule has 0 unspecified atom stereocenters. The van der Waals surface area contributed by atoms with Crippen molar-refractivity contribution < 1.29 is 4.79 Å². The third-order valence-electron chi connectivity index (χ3n) is 2.65. The van der Waals surface area contributed by atoms with Gasteiger partial charge in [-0.3, -0.25) is 10.1 Å². The second-order valence-corrected chi connectivity index (χ2v) is 4.36. The predicted octanol–water partition coefficient (Wildman–Crippen LogP) is 1.48. The normalized spacial score (nSPS) is 12.9. The molecular weight excluding hydrogens is 216 g/mol. The Kier molecular flexibility index (Phi) is 3.10. The molecule has 0 bridgehead atoms. The molecule has 0 aliphatic carbocycles. The highest BCUT2D eigenvalue weighted by molar-refractivity contribution is 5.94. The van der Waals surface area contributed by atoms with E-state index in [9.17, 15) is 4.79 Å². The summed E-state index contributed by atoms with van der Waals surface area (Å²) in [6, 6.07) is 7.06. The Morgan fingerprint density at radius 1 is 1.41 bits per heavy atom. The smallest absolute Gasteiger partial charge is 0.243 e. The first kappa shape index (κ1) is 11.6. The van der Waals surface area contributed by atoms with E-state index in [0.717, 1.165) is 11.0 Å². The van der Waals surface area contributed by atoms with Crippen molar-refractivity contribution in [2.75, 3.05) is 5.32 Å². The van der Waals surface area contributed by atoms with Crippen LogP contribution in [-0.2, 0) is 4.79 Å². The van der Waals surface area contributed by atoms with Gasteiger partial charge >= 0.3 is 0 Å². The van der Waals surface area contributed by atoms with E-state index in [0.29, 0.717) is 5.95 Å². The number of rotatable bonds is 3. The van der Waals surface area contributed by atoms with Gasteiger partial charge in [-0.15, -0.1) is 0 Å². The molecule has 17 heavy (non-hydrogen) atoms. The molecular formula is C12H16N4O. The molecule has 1 amide bonds. The molecule has 0 saturated carbocycles. The van der Waals surface area contributed by atoms with E-state index in [2.05, 4.69) is 15.3 Å². The zero-order valence-corrected chi connectivity index (χ0v) is 9.90. The molecule has 4 N–H and O–H groups in total. The number of hydrogen-bond donors (Lipinski definition) is 3. The number of carbonyl (C=O) groups excluding carboxylic acids is 1. The van der Waals surface area contributed by atoms with Crippen LogP contribution in [0.15, 0.2) is 24.3 Å². The van der Waals surface area contributed by atoms with Crippen molar-refractivity contribution in [3.05, 3.63) is 24.3 Å². The molecule has 0 radical (unpaired) electrons. The molecule has 1 aromatic carbocycles. The molecule has 1 heterocycles. The summed E-state index contributed by atoms with van der Waals surface area (Å²) in [6.07, 6.45) is 0. The molecule has 5 heteroatoms. The third kappa shape index (κ3) is 2.45. The standard InChI is InChI=1S/C12H16N4O/c1-7(2)10(13)11(17)16-12-14-8-5-3-4-6-9(8)15-12/h3-7,10H,13H2,1-2H3,(H2,14,15,16,17)/t10-/m0/s1. The van der Waals surface area contributed by atoms with Crippen LogP contribution in [0.2, 0.25) is 0 Å². The van der Waals surface area contributed by atoms with Crippen LogP contribution < -0.4 is 11.1 Å². The lowest BCUT2D eigenvalue weighted by Gasteiger charge is -2.13. The van der Waals surface area contributed by atoms with E-state index in [4.69, 9.17) is 5.73 Å². The Balaban J connectivity index is 2.16. The zero-order chi connectivity index (χ0) is 12.4. The van der Waals surface area contributed by atoms with E-state index in [1.807, 2.05) is 38.1 Å². The van der Waals surface area contributed by atoms with Crippen molar-refractivity contribution in [2.24, 2.45) is 11.7 Å². The SMILES string of the molecule is CC(C)[C@H](N)C(=O)Nc1nc2ccccc2[nH]1. The maximum atomic E-state index is 11.7. The molecule has 0 spiro atoms. The lowest BCUT2D eigenvalue weighted by molar-refractivity contribution is -0.118. The van der Waals surface area contributed by atoms with Gasteiger partial charge in [0.15, 0.2) is 0 Å². The third-order valence-corrected chi connectivity index (χ3v) is 2.65. The van der Waals surface area contributed by atoms with Crippen LogP contribution in [0.5, 0.6) is 0 Å². The van der Waals surface area contributed by atoms with E-state index in [1.54, 1.807) is 0 Å². The van der Waals surface area contributed by atoms with Crippen molar-refractivity contribution in [1.82, 2.24) is 9.97 Å². The number of aromatic amines is 1. The fraction of sp³-hybridized carbons (Fsp3) is 0.333. The van der Waals surface area contributed by atoms with Gasteiger partial charge in [-0.2, -0.15) is 0 Å². The second kappa shape index (κ2) is 4.55. The average Bonchev–Trinajstić information content (AvgIpc) is 2.69. The fourth-order valence-electron chi connectivity index (χ4n) is 1.51. The van der Waals surface area contributed by atoms with Gasteiger partial charge in [0, 0.05) is 0 Å². The first-order valence-electron chi connectivity index (χ1n) is 5.59. The van der Waals surface area contributed by atoms with Crippen molar-refractivity contribution in [2.45, 2.75) is 19.9 Å². The van der Waals surface area contributed by atoms with Gasteiger partial charge in [0.2, 0.25) is 11.9 Å². The number of H-pyrrole nitrogens is 1. The predicted molar refractivity (Wildman–Crippen MR) is 67.5 cm³/mol. The van der Waals surface area contributed by atoms with Crippen molar-refractivity contribution in [3.63, 3.8) is 0 Å². The highest BCUT2D eigenvalue weighted by Crippen LogP contribution is 2.13. The Bertz CT molecular complexity index is 499. The Labute approximate surface area is 99.4 Å². The van der Waals surface area contributed by atoms with Crippen molar-refractivity contribution in [1.29, 1.82) is 0 Å². The fourth-order valence-corrected chi connectivity index (χ4v) is 1.51. The lowest BCUT2D eigenvalue weighted by Crippen LogP contribution is -2.39. The topological polar surface area (TPSA) is 83.8 Å². The zero-order valence-electron chi connectivity index (χ0n) is 9.90. The first-order valence-corrected chi connectivity index (χ1v) is 5.59. The maximum absolute atomic E-state index is 11.7. The lowest BCUT2D eigenvalue weighted by atomic mass is 10.1. The molecule has 0 fully saturated rings. The number of nitrogens with one attached hydrogen (secondary N) is 2. The molecule has 0 aliphatic rings. The molecule has 1 atom stereocenters. The number of benzene rings is 1. The summed E-state index contributed by atoms with van der Waals surface area (Å²) in [5.74, 6) is 0.311. The van der Waals surface area contributed by atoms with E-state index < -0.39 is 6.04 Å².